The van der Waals surface area contributed by atoms with Crippen molar-refractivity contribution in [2.45, 2.75) is 32.4 Å². The number of hydrogen-bond donors (Lipinski definition) is 1. The third-order valence-electron chi connectivity index (χ3n) is 4.01. The number of halogens is 1. The smallest absolute Gasteiger partial charge is 0.0406 e. The Morgan fingerprint density at radius 1 is 1.24 bits per heavy atom. The average molecular weight is 323 g/mol. The summed E-state index contributed by atoms with van der Waals surface area (Å²) in [5.74, 6) is 0. The lowest BCUT2D eigenvalue weighted by atomic mass is 9.90. The molecule has 2 nitrogen and oxygen atoms in total. The molecule has 0 spiro atoms. The summed E-state index contributed by atoms with van der Waals surface area (Å²) in [5, 5.41) is 2.90. The highest BCUT2D eigenvalue weighted by Gasteiger charge is 2.30. The summed E-state index contributed by atoms with van der Waals surface area (Å²) in [5.41, 5.74) is 7.35. The Balaban J connectivity index is 2.15. The first-order chi connectivity index (χ1) is 10.1. The normalized spacial score (nSPS) is 14.3. The fraction of sp³-hybridized carbons (Fsp3) is 0.412. The third kappa shape index (κ3) is 4.30. The standard InChI is InChI=1S/C17H23ClN2S/c1-3-20(12-16-5-4-10-21-16)17(2,13-19)11-14-6-8-15(18)9-7-14/h4-10H,3,11-13,19H2,1-2H3. The zero-order valence-electron chi connectivity index (χ0n) is 12.7. The van der Waals surface area contributed by atoms with Crippen LogP contribution in [-0.4, -0.2) is 23.5 Å². The highest BCUT2D eigenvalue weighted by Crippen LogP contribution is 2.24. The second kappa shape index (κ2) is 7.41. The van der Waals surface area contributed by atoms with Gasteiger partial charge in [0.05, 0.1) is 0 Å². The van der Waals surface area contributed by atoms with Gasteiger partial charge in [-0.1, -0.05) is 36.7 Å². The SMILES string of the molecule is CCN(Cc1cccs1)C(C)(CN)Cc1ccc(Cl)cc1. The molecule has 0 radical (unpaired) electrons. The van der Waals surface area contributed by atoms with E-state index in [1.807, 2.05) is 12.1 Å². The van der Waals surface area contributed by atoms with Gasteiger partial charge in [-0.2, -0.15) is 0 Å². The van der Waals surface area contributed by atoms with E-state index in [1.54, 1.807) is 11.3 Å². The monoisotopic (exact) mass is 322 g/mol. The van der Waals surface area contributed by atoms with Crippen LogP contribution in [0.2, 0.25) is 5.02 Å². The van der Waals surface area contributed by atoms with Crippen LogP contribution in [0.1, 0.15) is 24.3 Å². The van der Waals surface area contributed by atoms with Gasteiger partial charge < -0.3 is 5.73 Å². The van der Waals surface area contributed by atoms with Gasteiger partial charge in [-0.15, -0.1) is 11.3 Å². The van der Waals surface area contributed by atoms with Gasteiger partial charge in [0.2, 0.25) is 0 Å². The van der Waals surface area contributed by atoms with E-state index in [4.69, 9.17) is 17.3 Å². The van der Waals surface area contributed by atoms with Crippen molar-refractivity contribution in [3.8, 4) is 0 Å². The van der Waals surface area contributed by atoms with Crippen molar-refractivity contribution in [2.75, 3.05) is 13.1 Å². The molecular formula is C17H23ClN2S. The zero-order chi connectivity index (χ0) is 15.3. The lowest BCUT2D eigenvalue weighted by Gasteiger charge is -2.40. The molecule has 21 heavy (non-hydrogen) atoms. The van der Waals surface area contributed by atoms with Gasteiger partial charge in [0.1, 0.15) is 0 Å². The molecule has 0 aliphatic rings. The number of rotatable bonds is 7. The molecule has 1 aromatic heterocycles. The second-order valence-corrected chi connectivity index (χ2v) is 7.07. The first kappa shape index (κ1) is 16.5. The number of benzene rings is 1. The van der Waals surface area contributed by atoms with E-state index in [0.717, 1.165) is 24.5 Å². The summed E-state index contributed by atoms with van der Waals surface area (Å²) in [6, 6.07) is 12.4. The van der Waals surface area contributed by atoms with Crippen molar-refractivity contribution >= 4 is 22.9 Å². The molecule has 1 aromatic carbocycles. The summed E-state index contributed by atoms with van der Waals surface area (Å²) in [4.78, 5) is 3.85. The van der Waals surface area contributed by atoms with Crippen LogP contribution >= 0.6 is 22.9 Å². The minimum absolute atomic E-state index is 0.0490. The molecule has 0 saturated carbocycles. The number of thiophene rings is 1. The molecule has 0 fully saturated rings. The van der Waals surface area contributed by atoms with E-state index in [-0.39, 0.29) is 5.54 Å². The molecule has 0 aliphatic carbocycles. The second-order valence-electron chi connectivity index (χ2n) is 5.60. The number of nitrogens with two attached hydrogens (primary N) is 1. The average Bonchev–Trinajstić information content (AvgIpc) is 3.00. The minimum atomic E-state index is -0.0490. The number of nitrogens with zero attached hydrogens (tertiary/aromatic N) is 1. The van der Waals surface area contributed by atoms with Crippen molar-refractivity contribution in [3.63, 3.8) is 0 Å². The van der Waals surface area contributed by atoms with E-state index in [2.05, 4.69) is 48.4 Å². The Kier molecular flexibility index (Phi) is 5.82. The molecule has 1 heterocycles. The Morgan fingerprint density at radius 2 is 1.95 bits per heavy atom. The Labute approximate surface area is 136 Å². The van der Waals surface area contributed by atoms with E-state index >= 15 is 0 Å². The van der Waals surface area contributed by atoms with Crippen molar-refractivity contribution in [3.05, 3.63) is 57.2 Å². The van der Waals surface area contributed by atoms with Crippen molar-refractivity contribution in [1.82, 2.24) is 4.90 Å². The molecule has 2 N–H and O–H groups in total. The molecule has 2 aromatic rings. The molecule has 4 heteroatoms. The molecule has 1 atom stereocenters. The fourth-order valence-corrected chi connectivity index (χ4v) is 3.48. The highest BCUT2D eigenvalue weighted by atomic mass is 35.5. The van der Waals surface area contributed by atoms with Gasteiger partial charge in [-0.25, -0.2) is 0 Å². The first-order valence-electron chi connectivity index (χ1n) is 7.29. The molecule has 0 saturated heterocycles. The van der Waals surface area contributed by atoms with Crippen molar-refractivity contribution in [2.24, 2.45) is 5.73 Å². The molecule has 0 bridgehead atoms. The maximum Gasteiger partial charge on any atom is 0.0406 e. The predicted octanol–water partition coefficient (Wildman–Crippen LogP) is 4.18. The zero-order valence-corrected chi connectivity index (χ0v) is 14.3. The summed E-state index contributed by atoms with van der Waals surface area (Å²) in [6.45, 7) is 7.02. The summed E-state index contributed by atoms with van der Waals surface area (Å²) in [6.07, 6.45) is 0.930. The van der Waals surface area contributed by atoms with Gasteiger partial charge >= 0.3 is 0 Å². The third-order valence-corrected chi connectivity index (χ3v) is 5.12. The summed E-state index contributed by atoms with van der Waals surface area (Å²) >= 11 is 7.77. The topological polar surface area (TPSA) is 29.3 Å². The van der Waals surface area contributed by atoms with Crippen LogP contribution in [0.5, 0.6) is 0 Å². The van der Waals surface area contributed by atoms with Crippen LogP contribution in [0.25, 0.3) is 0 Å². The number of likely N-dealkylation sites (N-methyl/N-ethyl adjacent to an activating group) is 1. The minimum Gasteiger partial charge on any atom is -0.329 e. The highest BCUT2D eigenvalue weighted by molar-refractivity contribution is 7.09. The Bertz CT molecular complexity index is 538. The van der Waals surface area contributed by atoms with Gasteiger partial charge in [0, 0.05) is 28.5 Å². The van der Waals surface area contributed by atoms with Crippen molar-refractivity contribution < 1.29 is 0 Å². The van der Waals surface area contributed by atoms with Crippen LogP contribution in [0.3, 0.4) is 0 Å². The lowest BCUT2D eigenvalue weighted by Crippen LogP contribution is -2.52. The molecule has 1 unspecified atom stereocenters. The van der Waals surface area contributed by atoms with E-state index in [0.29, 0.717) is 6.54 Å². The van der Waals surface area contributed by atoms with E-state index in [1.165, 1.54) is 10.4 Å². The maximum atomic E-state index is 6.13. The molecule has 114 valence electrons. The summed E-state index contributed by atoms with van der Waals surface area (Å²) in [7, 11) is 0. The lowest BCUT2D eigenvalue weighted by molar-refractivity contribution is 0.109. The van der Waals surface area contributed by atoms with Gasteiger partial charge in [0.15, 0.2) is 0 Å². The summed E-state index contributed by atoms with van der Waals surface area (Å²) < 4.78 is 0. The van der Waals surface area contributed by atoms with Crippen LogP contribution in [0, 0.1) is 0 Å². The van der Waals surface area contributed by atoms with Crippen LogP contribution in [0.4, 0.5) is 0 Å². The van der Waals surface area contributed by atoms with Gasteiger partial charge in [-0.3, -0.25) is 4.90 Å². The van der Waals surface area contributed by atoms with Crippen molar-refractivity contribution in [1.29, 1.82) is 0 Å². The molecule has 0 aliphatic heterocycles. The molecule has 2 rings (SSSR count). The van der Waals surface area contributed by atoms with Gasteiger partial charge in [-0.05, 0) is 49.0 Å². The predicted molar refractivity (Wildman–Crippen MR) is 93.0 cm³/mol. The Morgan fingerprint density at radius 3 is 2.48 bits per heavy atom. The van der Waals surface area contributed by atoms with E-state index < -0.39 is 0 Å². The maximum absolute atomic E-state index is 6.13. The van der Waals surface area contributed by atoms with Crippen LogP contribution in [-0.2, 0) is 13.0 Å². The molecule has 0 amide bonds. The van der Waals surface area contributed by atoms with Crippen LogP contribution < -0.4 is 5.73 Å². The van der Waals surface area contributed by atoms with Crippen LogP contribution in [0.15, 0.2) is 41.8 Å². The fourth-order valence-electron chi connectivity index (χ4n) is 2.63. The quantitative estimate of drug-likeness (QED) is 0.828. The van der Waals surface area contributed by atoms with E-state index in [9.17, 15) is 0 Å². The number of hydrogen-bond acceptors (Lipinski definition) is 3. The first-order valence-corrected chi connectivity index (χ1v) is 8.55. The largest absolute Gasteiger partial charge is 0.329 e. The Hall–Kier alpha value is -0.870. The van der Waals surface area contributed by atoms with Gasteiger partial charge in [0.25, 0.3) is 0 Å². The molecular weight excluding hydrogens is 300 g/mol.